The second-order valence-electron chi connectivity index (χ2n) is 10.6. The van der Waals surface area contributed by atoms with Crippen LogP contribution in [-0.2, 0) is 25.7 Å². The zero-order chi connectivity index (χ0) is 30.1. The number of carbonyl (C=O) groups excluding carboxylic acids is 1. The molecular formula is C32H38N2O8. The summed E-state index contributed by atoms with van der Waals surface area (Å²) in [7, 11) is 1.89. The summed E-state index contributed by atoms with van der Waals surface area (Å²) in [5.41, 5.74) is 3.62. The molecule has 1 heterocycles. The van der Waals surface area contributed by atoms with Gasteiger partial charge in [-0.2, -0.15) is 0 Å². The minimum atomic E-state index is -0.939. The lowest BCUT2D eigenvalue weighted by molar-refractivity contribution is -0.252. The summed E-state index contributed by atoms with van der Waals surface area (Å²) in [5, 5.41) is 41.6. The van der Waals surface area contributed by atoms with Crippen LogP contribution in [0.3, 0.4) is 0 Å². The number of carboxylic acids is 1. The number of hydrogen-bond acceptors (Lipinski definition) is 8. The van der Waals surface area contributed by atoms with Gasteiger partial charge in [-0.1, -0.05) is 48.5 Å². The number of benzene rings is 3. The van der Waals surface area contributed by atoms with Crippen LogP contribution < -0.4 is 5.32 Å². The number of carbonyl (C=O) groups is 2. The average Bonchev–Trinajstić information content (AvgIpc) is 2.97. The summed E-state index contributed by atoms with van der Waals surface area (Å²) in [6, 6.07) is 21.3. The van der Waals surface area contributed by atoms with Crippen LogP contribution in [0, 0.1) is 0 Å². The van der Waals surface area contributed by atoms with Crippen molar-refractivity contribution in [2.75, 3.05) is 25.5 Å². The van der Waals surface area contributed by atoms with E-state index in [1.807, 2.05) is 42.3 Å². The number of amides is 1. The number of aliphatic carboxylic acids is 1. The van der Waals surface area contributed by atoms with Crippen LogP contribution in [0.5, 0.6) is 5.75 Å². The van der Waals surface area contributed by atoms with E-state index >= 15 is 0 Å². The van der Waals surface area contributed by atoms with E-state index in [0.717, 1.165) is 11.1 Å². The van der Waals surface area contributed by atoms with Crippen LogP contribution in [0.1, 0.15) is 66.4 Å². The highest BCUT2D eigenvalue weighted by Crippen LogP contribution is 2.38. The molecule has 3 aromatic rings. The minimum absolute atomic E-state index is 0.0543. The van der Waals surface area contributed by atoms with Crippen molar-refractivity contribution < 1.29 is 39.5 Å². The molecule has 0 aliphatic carbocycles. The smallest absolute Gasteiger partial charge is 0.303 e. The van der Waals surface area contributed by atoms with Crippen molar-refractivity contribution in [3.8, 4) is 5.75 Å². The zero-order valence-electron chi connectivity index (χ0n) is 23.6. The lowest BCUT2D eigenvalue weighted by atomic mass is 9.99. The molecule has 10 heteroatoms. The monoisotopic (exact) mass is 578 g/mol. The summed E-state index contributed by atoms with van der Waals surface area (Å²) < 4.78 is 12.8. The van der Waals surface area contributed by atoms with Gasteiger partial charge in [-0.25, -0.2) is 0 Å². The predicted molar refractivity (Wildman–Crippen MR) is 156 cm³/mol. The number of carboxylic acid groups (broad SMARTS) is 1. The average molecular weight is 579 g/mol. The molecule has 1 aliphatic rings. The molecule has 1 aliphatic heterocycles. The molecule has 3 aromatic carbocycles. The SMILES string of the molecule is CN(C[C@H]1C[C@@H](c2ccc(CO)cc2)O[C@@H](c2cccc(NC(=O)CCCC(=O)O)c2)O1)C[C@@H](O)c1cccc(O)c1. The number of aliphatic hydroxyl groups excluding tert-OH is 2. The Morgan fingerprint density at radius 1 is 1.00 bits per heavy atom. The van der Waals surface area contributed by atoms with Gasteiger partial charge in [0.05, 0.1) is 24.9 Å². The molecule has 4 atom stereocenters. The van der Waals surface area contributed by atoms with Crippen molar-refractivity contribution in [1.82, 2.24) is 4.90 Å². The number of anilines is 1. The quantitative estimate of drug-likeness (QED) is 0.200. The third-order valence-electron chi connectivity index (χ3n) is 7.11. The van der Waals surface area contributed by atoms with Crippen molar-refractivity contribution in [1.29, 1.82) is 0 Å². The molecule has 0 unspecified atom stereocenters. The molecule has 0 bridgehead atoms. The third kappa shape index (κ3) is 9.10. The minimum Gasteiger partial charge on any atom is -0.508 e. The molecule has 5 N–H and O–H groups in total. The van der Waals surface area contributed by atoms with Crippen molar-refractivity contribution in [3.05, 3.63) is 95.1 Å². The second-order valence-corrected chi connectivity index (χ2v) is 10.6. The normalized spacial score (nSPS) is 19.4. The Kier molecular flexibility index (Phi) is 11.0. The largest absolute Gasteiger partial charge is 0.508 e. The fraction of sp³-hybridized carbons (Fsp3) is 0.375. The first-order valence-electron chi connectivity index (χ1n) is 14.0. The van der Waals surface area contributed by atoms with Crippen LogP contribution in [0.2, 0.25) is 0 Å². The molecular weight excluding hydrogens is 540 g/mol. The first-order valence-corrected chi connectivity index (χ1v) is 14.0. The molecule has 10 nitrogen and oxygen atoms in total. The molecule has 4 rings (SSSR count). The van der Waals surface area contributed by atoms with E-state index in [0.29, 0.717) is 36.3 Å². The van der Waals surface area contributed by atoms with E-state index < -0.39 is 18.4 Å². The fourth-order valence-corrected chi connectivity index (χ4v) is 4.97. The van der Waals surface area contributed by atoms with E-state index in [1.165, 1.54) is 0 Å². The Morgan fingerprint density at radius 3 is 2.48 bits per heavy atom. The number of aliphatic hydroxyl groups is 2. The van der Waals surface area contributed by atoms with E-state index in [-0.39, 0.29) is 49.7 Å². The van der Waals surface area contributed by atoms with Gasteiger partial charge in [-0.05, 0) is 54.4 Å². The van der Waals surface area contributed by atoms with E-state index in [4.69, 9.17) is 14.6 Å². The van der Waals surface area contributed by atoms with E-state index in [1.54, 1.807) is 42.5 Å². The van der Waals surface area contributed by atoms with Crippen LogP contribution in [0.15, 0.2) is 72.8 Å². The molecule has 1 fully saturated rings. The van der Waals surface area contributed by atoms with Crippen molar-refractivity contribution in [3.63, 3.8) is 0 Å². The van der Waals surface area contributed by atoms with Crippen molar-refractivity contribution in [2.45, 2.75) is 56.9 Å². The summed E-state index contributed by atoms with van der Waals surface area (Å²) in [6.45, 7) is 0.774. The molecule has 1 saturated heterocycles. The van der Waals surface area contributed by atoms with Gasteiger partial charge in [-0.3, -0.25) is 9.59 Å². The van der Waals surface area contributed by atoms with Gasteiger partial charge in [0.2, 0.25) is 5.91 Å². The van der Waals surface area contributed by atoms with Gasteiger partial charge in [-0.15, -0.1) is 0 Å². The summed E-state index contributed by atoms with van der Waals surface area (Å²) in [6.07, 6.45) is -1.26. The van der Waals surface area contributed by atoms with Crippen molar-refractivity contribution >= 4 is 17.6 Å². The number of phenolic OH excluding ortho intramolecular Hbond substituents is 1. The number of ether oxygens (including phenoxy) is 2. The van der Waals surface area contributed by atoms with E-state index in [2.05, 4.69) is 5.32 Å². The topological polar surface area (TPSA) is 149 Å². The maximum Gasteiger partial charge on any atom is 0.303 e. The Labute approximate surface area is 245 Å². The van der Waals surface area contributed by atoms with Crippen LogP contribution in [0.25, 0.3) is 0 Å². The number of nitrogens with zero attached hydrogens (tertiary/aromatic N) is 1. The Balaban J connectivity index is 1.47. The number of phenols is 1. The Hall–Kier alpha value is -3.80. The highest BCUT2D eigenvalue weighted by atomic mass is 16.7. The first kappa shape index (κ1) is 31.1. The second kappa shape index (κ2) is 14.9. The molecule has 42 heavy (non-hydrogen) atoms. The fourth-order valence-electron chi connectivity index (χ4n) is 4.97. The number of rotatable bonds is 13. The summed E-state index contributed by atoms with van der Waals surface area (Å²) >= 11 is 0. The molecule has 1 amide bonds. The lowest BCUT2D eigenvalue weighted by Gasteiger charge is -2.38. The molecule has 0 aromatic heterocycles. The van der Waals surface area contributed by atoms with E-state index in [9.17, 15) is 24.9 Å². The van der Waals surface area contributed by atoms with Gasteiger partial charge in [0.25, 0.3) is 0 Å². The number of nitrogens with one attached hydrogen (secondary N) is 1. The number of likely N-dealkylation sites (N-methyl/N-ethyl adjacent to an activating group) is 1. The van der Waals surface area contributed by atoms with Crippen LogP contribution >= 0.6 is 0 Å². The molecule has 0 spiro atoms. The molecule has 0 radical (unpaired) electrons. The lowest BCUT2D eigenvalue weighted by Crippen LogP contribution is -2.39. The van der Waals surface area contributed by atoms with Gasteiger partial charge < -0.3 is 40.1 Å². The van der Waals surface area contributed by atoms with Gasteiger partial charge >= 0.3 is 5.97 Å². The molecule has 0 saturated carbocycles. The third-order valence-corrected chi connectivity index (χ3v) is 7.11. The Bertz CT molecular complexity index is 1330. The summed E-state index contributed by atoms with van der Waals surface area (Å²) in [4.78, 5) is 25.1. The standard InChI is InChI=1S/C32H38N2O8/c1-34(19-28(37)23-5-3-8-26(36)16-23)18-27-17-29(22-13-11-21(20-35)12-14-22)42-32(41-27)24-6-2-7-25(15-24)33-30(38)9-4-10-31(39)40/h2-3,5-8,11-16,27-29,32,35-37H,4,9-10,17-20H2,1H3,(H,33,38)(H,39,40)/t27-,28-,29+,32+/m1/s1. The molecule has 224 valence electrons. The van der Waals surface area contributed by atoms with Gasteiger partial charge in [0.15, 0.2) is 6.29 Å². The van der Waals surface area contributed by atoms with Gasteiger partial charge in [0.1, 0.15) is 5.75 Å². The first-order chi connectivity index (χ1) is 20.2. The highest BCUT2D eigenvalue weighted by molar-refractivity contribution is 5.90. The highest BCUT2D eigenvalue weighted by Gasteiger charge is 2.33. The van der Waals surface area contributed by atoms with Crippen molar-refractivity contribution in [2.24, 2.45) is 0 Å². The predicted octanol–water partition coefficient (Wildman–Crippen LogP) is 4.29. The zero-order valence-corrected chi connectivity index (χ0v) is 23.6. The van der Waals surface area contributed by atoms with Crippen LogP contribution in [-0.4, -0.2) is 63.4 Å². The van der Waals surface area contributed by atoms with Crippen LogP contribution in [0.4, 0.5) is 5.69 Å². The number of aromatic hydroxyl groups is 1. The maximum absolute atomic E-state index is 12.3. The summed E-state index contributed by atoms with van der Waals surface area (Å²) in [5.74, 6) is -1.12. The number of hydrogen-bond donors (Lipinski definition) is 5. The van der Waals surface area contributed by atoms with Gasteiger partial charge in [0, 0.05) is 43.6 Å². The maximum atomic E-state index is 12.3. The Morgan fingerprint density at radius 2 is 1.76 bits per heavy atom.